The standard InChI is InChI=1S/C30H38N2O4S/c1-21-22(2)24(4)30(25(5)23(21)3)37(34,35)32(20-26-9-8-10-28(33)19-26)27-11-13-29(14-12-27)36-18-17-31-15-6-7-16-31/h8-14,19,33H,6-7,15-18,20H2,1-5H3. The van der Waals surface area contributed by atoms with Gasteiger partial charge in [0.1, 0.15) is 18.1 Å². The number of hydrogen-bond acceptors (Lipinski definition) is 5. The molecule has 6 nitrogen and oxygen atoms in total. The summed E-state index contributed by atoms with van der Waals surface area (Å²) in [5.41, 5.74) is 5.87. The lowest BCUT2D eigenvalue weighted by Gasteiger charge is -2.28. The maximum atomic E-state index is 14.3. The fraction of sp³-hybridized carbons (Fsp3) is 0.400. The molecule has 4 rings (SSSR count). The van der Waals surface area contributed by atoms with E-state index in [9.17, 15) is 13.5 Å². The van der Waals surface area contributed by atoms with Gasteiger partial charge in [-0.1, -0.05) is 12.1 Å². The molecule has 3 aromatic rings. The van der Waals surface area contributed by atoms with Gasteiger partial charge in [0.15, 0.2) is 0 Å². The van der Waals surface area contributed by atoms with Crippen molar-refractivity contribution in [3.8, 4) is 11.5 Å². The number of aromatic hydroxyl groups is 1. The van der Waals surface area contributed by atoms with Gasteiger partial charge in [0.05, 0.1) is 17.1 Å². The van der Waals surface area contributed by atoms with Crippen LogP contribution in [0.2, 0.25) is 0 Å². The molecular weight excluding hydrogens is 484 g/mol. The minimum atomic E-state index is -3.92. The Morgan fingerprint density at radius 2 is 1.46 bits per heavy atom. The molecule has 1 heterocycles. The van der Waals surface area contributed by atoms with Crippen molar-refractivity contribution < 1.29 is 18.3 Å². The molecule has 3 aromatic carbocycles. The number of phenolic OH excluding ortho intramolecular Hbond substituents is 1. The fourth-order valence-corrected chi connectivity index (χ4v) is 7.12. The second-order valence-electron chi connectivity index (χ2n) is 10.0. The Balaban J connectivity index is 1.69. The summed E-state index contributed by atoms with van der Waals surface area (Å²) in [5, 5.41) is 10.0. The lowest BCUT2D eigenvalue weighted by atomic mass is 9.95. The quantitative estimate of drug-likeness (QED) is 0.384. The molecule has 0 bridgehead atoms. The van der Waals surface area contributed by atoms with Crippen LogP contribution in [0.25, 0.3) is 0 Å². The van der Waals surface area contributed by atoms with E-state index >= 15 is 0 Å². The first kappa shape index (κ1) is 27.0. The molecular formula is C30H38N2O4S. The van der Waals surface area contributed by atoms with E-state index in [0.29, 0.717) is 28.5 Å². The van der Waals surface area contributed by atoms with Crippen molar-refractivity contribution in [3.63, 3.8) is 0 Å². The molecule has 0 radical (unpaired) electrons. The zero-order valence-corrected chi connectivity index (χ0v) is 23.4. The number of benzene rings is 3. The molecule has 0 unspecified atom stereocenters. The molecule has 0 amide bonds. The van der Waals surface area contributed by atoms with Crippen LogP contribution in [-0.2, 0) is 16.6 Å². The third kappa shape index (κ3) is 5.78. The topological polar surface area (TPSA) is 70.1 Å². The van der Waals surface area contributed by atoms with Crippen molar-refractivity contribution >= 4 is 15.7 Å². The molecule has 1 saturated heterocycles. The summed E-state index contributed by atoms with van der Waals surface area (Å²) in [6, 6.07) is 14.0. The SMILES string of the molecule is Cc1c(C)c(C)c(S(=O)(=O)N(Cc2cccc(O)c2)c2ccc(OCCN3CCCC3)cc2)c(C)c1C. The van der Waals surface area contributed by atoms with E-state index < -0.39 is 10.0 Å². The highest BCUT2D eigenvalue weighted by atomic mass is 32.2. The monoisotopic (exact) mass is 522 g/mol. The van der Waals surface area contributed by atoms with E-state index in [1.54, 1.807) is 30.3 Å². The first-order chi connectivity index (χ1) is 17.6. The minimum Gasteiger partial charge on any atom is -0.508 e. The van der Waals surface area contributed by atoms with Gasteiger partial charge in [-0.25, -0.2) is 8.42 Å². The van der Waals surface area contributed by atoms with E-state index in [2.05, 4.69) is 4.90 Å². The van der Waals surface area contributed by atoms with Gasteiger partial charge in [-0.2, -0.15) is 0 Å². The summed E-state index contributed by atoms with van der Waals surface area (Å²) < 4.78 is 36.0. The summed E-state index contributed by atoms with van der Waals surface area (Å²) in [7, 11) is -3.92. The Morgan fingerprint density at radius 1 is 0.865 bits per heavy atom. The smallest absolute Gasteiger partial charge is 0.265 e. The van der Waals surface area contributed by atoms with Crippen molar-refractivity contribution in [2.45, 2.75) is 58.9 Å². The van der Waals surface area contributed by atoms with E-state index in [0.717, 1.165) is 47.5 Å². The molecule has 0 spiro atoms. The maximum absolute atomic E-state index is 14.3. The Kier molecular flexibility index (Phi) is 8.14. The van der Waals surface area contributed by atoms with E-state index in [-0.39, 0.29) is 12.3 Å². The predicted octanol–water partition coefficient (Wildman–Crippen LogP) is 5.80. The first-order valence-corrected chi connectivity index (χ1v) is 14.4. The lowest BCUT2D eigenvalue weighted by molar-refractivity contribution is 0.238. The van der Waals surface area contributed by atoms with E-state index in [1.165, 1.54) is 17.1 Å². The van der Waals surface area contributed by atoms with Gasteiger partial charge in [0.2, 0.25) is 0 Å². The minimum absolute atomic E-state index is 0.0940. The molecule has 1 aliphatic rings. The zero-order valence-electron chi connectivity index (χ0n) is 22.5. The fourth-order valence-electron chi connectivity index (χ4n) is 5.11. The van der Waals surface area contributed by atoms with Gasteiger partial charge >= 0.3 is 0 Å². The molecule has 1 N–H and O–H groups in total. The third-order valence-electron chi connectivity index (χ3n) is 7.72. The van der Waals surface area contributed by atoms with Crippen molar-refractivity contribution in [2.75, 3.05) is 30.5 Å². The Labute approximate surface area is 221 Å². The highest BCUT2D eigenvalue weighted by Crippen LogP contribution is 2.35. The highest BCUT2D eigenvalue weighted by molar-refractivity contribution is 7.93. The molecule has 1 fully saturated rings. The van der Waals surface area contributed by atoms with Crippen LogP contribution in [0.4, 0.5) is 5.69 Å². The number of nitrogens with zero attached hydrogens (tertiary/aromatic N) is 2. The van der Waals surface area contributed by atoms with E-state index in [4.69, 9.17) is 4.74 Å². The zero-order chi connectivity index (χ0) is 26.7. The third-order valence-corrected chi connectivity index (χ3v) is 9.76. The van der Waals surface area contributed by atoms with Crippen LogP contribution in [0.15, 0.2) is 53.4 Å². The van der Waals surface area contributed by atoms with Gasteiger partial charge in [-0.3, -0.25) is 9.21 Å². The molecule has 1 aliphatic heterocycles. The molecule has 0 aromatic heterocycles. The molecule has 7 heteroatoms. The molecule has 37 heavy (non-hydrogen) atoms. The van der Waals surface area contributed by atoms with Crippen LogP contribution >= 0.6 is 0 Å². The molecule has 0 aliphatic carbocycles. The maximum Gasteiger partial charge on any atom is 0.265 e. The highest BCUT2D eigenvalue weighted by Gasteiger charge is 2.30. The van der Waals surface area contributed by atoms with Gasteiger partial charge in [0.25, 0.3) is 10.0 Å². The summed E-state index contributed by atoms with van der Waals surface area (Å²) in [6.45, 7) is 13.6. The Morgan fingerprint density at radius 3 is 2.05 bits per heavy atom. The van der Waals surface area contributed by atoms with Crippen molar-refractivity contribution in [1.29, 1.82) is 0 Å². The molecule has 0 saturated carbocycles. The van der Waals surface area contributed by atoms with Gasteiger partial charge < -0.3 is 9.84 Å². The van der Waals surface area contributed by atoms with Crippen molar-refractivity contribution in [3.05, 3.63) is 81.9 Å². The van der Waals surface area contributed by atoms with Crippen LogP contribution < -0.4 is 9.04 Å². The van der Waals surface area contributed by atoms with Crippen LogP contribution in [0.1, 0.15) is 46.2 Å². The number of rotatable bonds is 9. The summed E-state index contributed by atoms with van der Waals surface area (Å²) in [6.07, 6.45) is 2.49. The van der Waals surface area contributed by atoms with Crippen LogP contribution in [0, 0.1) is 34.6 Å². The normalized spacial score (nSPS) is 14.2. The van der Waals surface area contributed by atoms with Gasteiger partial charge in [-0.05, 0) is 130 Å². The number of likely N-dealkylation sites (tertiary alicyclic amines) is 1. The van der Waals surface area contributed by atoms with E-state index in [1.807, 2.05) is 52.8 Å². The molecule has 198 valence electrons. The average Bonchev–Trinajstić information content (AvgIpc) is 3.39. The van der Waals surface area contributed by atoms with Crippen LogP contribution in [0.3, 0.4) is 0 Å². The largest absolute Gasteiger partial charge is 0.508 e. The number of hydrogen-bond donors (Lipinski definition) is 1. The van der Waals surface area contributed by atoms with Gasteiger partial charge in [0, 0.05) is 6.54 Å². The second-order valence-corrected chi connectivity index (χ2v) is 11.8. The summed E-state index contributed by atoms with van der Waals surface area (Å²) in [5.74, 6) is 0.818. The average molecular weight is 523 g/mol. The molecule has 0 atom stereocenters. The predicted molar refractivity (Wildman–Crippen MR) is 149 cm³/mol. The van der Waals surface area contributed by atoms with Crippen LogP contribution in [-0.4, -0.2) is 44.7 Å². The number of phenols is 1. The summed E-state index contributed by atoms with van der Waals surface area (Å²) >= 11 is 0. The second kappa shape index (κ2) is 11.2. The lowest BCUT2D eigenvalue weighted by Crippen LogP contribution is -2.32. The van der Waals surface area contributed by atoms with Gasteiger partial charge in [-0.15, -0.1) is 0 Å². The number of sulfonamides is 1. The number of anilines is 1. The number of ether oxygens (including phenoxy) is 1. The first-order valence-electron chi connectivity index (χ1n) is 12.9. The summed E-state index contributed by atoms with van der Waals surface area (Å²) in [4.78, 5) is 2.74. The van der Waals surface area contributed by atoms with Crippen LogP contribution in [0.5, 0.6) is 11.5 Å². The Hall–Kier alpha value is -3.03. The van der Waals surface area contributed by atoms with Crippen molar-refractivity contribution in [2.24, 2.45) is 0 Å². The van der Waals surface area contributed by atoms with Crippen molar-refractivity contribution in [1.82, 2.24) is 4.90 Å². The Bertz CT molecular complexity index is 1330.